The van der Waals surface area contributed by atoms with E-state index in [1.807, 2.05) is 23.5 Å². The van der Waals surface area contributed by atoms with E-state index >= 15 is 0 Å². The summed E-state index contributed by atoms with van der Waals surface area (Å²) in [5, 5.41) is 4.31. The van der Waals surface area contributed by atoms with Crippen molar-refractivity contribution < 1.29 is 13.6 Å². The molecule has 5 aliphatic heterocycles. The summed E-state index contributed by atoms with van der Waals surface area (Å²) in [6.45, 7) is 13.5. The molecule has 0 bridgehead atoms. The second kappa shape index (κ2) is 13.4. The molecule has 11 aromatic rings. The van der Waals surface area contributed by atoms with Gasteiger partial charge in [-0.2, -0.15) is 0 Å². The maximum atomic E-state index is 7.73. The summed E-state index contributed by atoms with van der Waals surface area (Å²) in [6.07, 6.45) is 0. The first-order valence-corrected chi connectivity index (χ1v) is 26.1. The van der Waals surface area contributed by atoms with Crippen LogP contribution in [0.15, 0.2) is 180 Å². The Bertz CT molecular complexity index is 3930. The molecule has 0 amide bonds. The fourth-order valence-electron chi connectivity index (χ4n) is 12.5. The molecule has 70 heavy (non-hydrogen) atoms. The van der Waals surface area contributed by atoms with Gasteiger partial charge in [-0.05, 0) is 84.3 Å². The van der Waals surface area contributed by atoms with E-state index in [4.69, 9.17) is 13.6 Å². The Hall–Kier alpha value is -6.99. The number of benzene rings is 9. The molecule has 0 atom stereocenters. The third-order valence-electron chi connectivity index (χ3n) is 15.9. The molecule has 16 rings (SSSR count). The third-order valence-corrected chi connectivity index (χ3v) is 18.3. The van der Waals surface area contributed by atoms with Gasteiger partial charge in [0.2, 0.25) is 13.4 Å². The molecular weight excluding hydrogens is 892 g/mol. The van der Waals surface area contributed by atoms with E-state index in [0.717, 1.165) is 66.8 Å². The second-order valence-electron chi connectivity index (χ2n) is 21.9. The van der Waals surface area contributed by atoms with Gasteiger partial charge in [-0.25, -0.2) is 0 Å². The summed E-state index contributed by atoms with van der Waals surface area (Å²) in [5.74, 6) is 1.50. The lowest BCUT2D eigenvalue weighted by Gasteiger charge is -2.49. The van der Waals surface area contributed by atoms with E-state index in [1.165, 1.54) is 91.4 Å². The molecule has 332 valence electrons. The van der Waals surface area contributed by atoms with Crippen LogP contribution in [0.4, 0.5) is 17.1 Å². The lowest BCUT2D eigenvalue weighted by atomic mass is 9.30. The molecule has 0 aliphatic carbocycles. The van der Waals surface area contributed by atoms with Crippen LogP contribution in [0.5, 0.6) is 11.5 Å². The van der Waals surface area contributed by atoms with E-state index in [1.54, 1.807) is 0 Å². The number of rotatable bonds is 2. The summed E-state index contributed by atoms with van der Waals surface area (Å²) in [7, 11) is 0. The van der Waals surface area contributed by atoms with Crippen LogP contribution < -0.4 is 42.4 Å². The van der Waals surface area contributed by atoms with Crippen molar-refractivity contribution in [1.29, 1.82) is 0 Å². The Morgan fingerprint density at radius 3 is 1.33 bits per heavy atom. The van der Waals surface area contributed by atoms with E-state index in [9.17, 15) is 0 Å². The smallest absolute Gasteiger partial charge is 0.249 e. The van der Waals surface area contributed by atoms with Gasteiger partial charge in [0.05, 0.1) is 11.4 Å². The summed E-state index contributed by atoms with van der Waals surface area (Å²) in [6, 6.07) is 56.8. The number of anilines is 3. The number of nitrogens with zero attached hydrogens (tertiary/aromatic N) is 1. The minimum absolute atomic E-state index is 0.0494. The van der Waals surface area contributed by atoms with Crippen LogP contribution in [0.3, 0.4) is 0 Å². The molecule has 7 heterocycles. The Labute approximate surface area is 415 Å². The van der Waals surface area contributed by atoms with Crippen molar-refractivity contribution in [2.75, 3.05) is 4.90 Å². The Kier molecular flexibility index (Phi) is 7.65. The zero-order valence-corrected chi connectivity index (χ0v) is 41.2. The first-order chi connectivity index (χ1) is 34.0. The predicted octanol–water partition coefficient (Wildman–Crippen LogP) is 13.6. The van der Waals surface area contributed by atoms with Gasteiger partial charge in [0.25, 0.3) is 0 Å². The predicted molar refractivity (Wildman–Crippen MR) is 294 cm³/mol. The highest BCUT2D eigenvalue weighted by Crippen LogP contribution is 2.60. The molecule has 8 heteroatoms. The largest absolute Gasteiger partial charge is 0.452 e. The first kappa shape index (κ1) is 39.8. The lowest BCUT2D eigenvalue weighted by Crippen LogP contribution is -2.67. The molecule has 0 radical (unpaired) electrons. The molecule has 0 saturated carbocycles. The number of fused-ring (bicyclic) bond motifs is 14. The summed E-state index contributed by atoms with van der Waals surface area (Å²) >= 11 is 3.88. The fourth-order valence-corrected chi connectivity index (χ4v) is 15.2. The van der Waals surface area contributed by atoms with Gasteiger partial charge in [-0.3, -0.25) is 0 Å². The van der Waals surface area contributed by atoms with Gasteiger partial charge >= 0.3 is 0 Å². The molecule has 9 aromatic carbocycles. The van der Waals surface area contributed by atoms with Crippen molar-refractivity contribution >= 4 is 131 Å². The van der Waals surface area contributed by atoms with Crippen LogP contribution in [0, 0.1) is 0 Å². The van der Waals surface area contributed by atoms with E-state index < -0.39 is 0 Å². The van der Waals surface area contributed by atoms with Crippen LogP contribution in [0.2, 0.25) is 0 Å². The minimum Gasteiger partial charge on any atom is -0.452 e. The van der Waals surface area contributed by atoms with Crippen molar-refractivity contribution in [3.8, 4) is 33.8 Å². The van der Waals surface area contributed by atoms with Gasteiger partial charge in [0.1, 0.15) is 11.2 Å². The zero-order valence-electron chi connectivity index (χ0n) is 39.6. The van der Waals surface area contributed by atoms with E-state index in [2.05, 4.69) is 198 Å². The molecule has 0 unspecified atom stereocenters. The lowest BCUT2D eigenvalue weighted by molar-refractivity contribution is 0.466. The van der Waals surface area contributed by atoms with Gasteiger partial charge in [0.15, 0.2) is 22.7 Å². The summed E-state index contributed by atoms with van der Waals surface area (Å²) < 4.78 is 22.1. The number of furan rings is 2. The Morgan fingerprint density at radius 2 is 0.886 bits per heavy atom. The van der Waals surface area contributed by atoms with Crippen LogP contribution in [-0.4, -0.2) is 13.4 Å². The highest BCUT2D eigenvalue weighted by Gasteiger charge is 2.54. The fraction of sp³-hybridized carbons (Fsp3) is 0.129. The average Bonchev–Trinajstić information content (AvgIpc) is 3.94. The Morgan fingerprint density at radius 1 is 0.429 bits per heavy atom. The SMILES string of the molecule is CC(C)(C)c1ccc2c(c1)oc1c3c4c(cc12)B1c2cccc(-c5ccccc5)c2Sc2cc5c6c(c21)N4c1c(cc2c(oc4cc(C(C)(C)C)ccc42)c1O3)B6c1cccc(-c2ccccc2)c1S5. The van der Waals surface area contributed by atoms with Crippen molar-refractivity contribution in [1.82, 2.24) is 0 Å². The van der Waals surface area contributed by atoms with Crippen LogP contribution in [0.25, 0.3) is 66.1 Å². The number of hydrogen-bond acceptors (Lipinski definition) is 6. The molecule has 0 N–H and O–H groups in total. The maximum Gasteiger partial charge on any atom is 0.249 e. The van der Waals surface area contributed by atoms with Crippen molar-refractivity contribution in [3.05, 3.63) is 163 Å². The van der Waals surface area contributed by atoms with Crippen LogP contribution in [-0.2, 0) is 10.8 Å². The summed E-state index contributed by atoms with van der Waals surface area (Å²) in [4.78, 5) is 7.82. The zero-order chi connectivity index (χ0) is 46.7. The van der Waals surface area contributed by atoms with Crippen molar-refractivity contribution in [2.24, 2.45) is 0 Å². The number of ether oxygens (including phenoxy) is 1. The topological polar surface area (TPSA) is 38.8 Å². The van der Waals surface area contributed by atoms with Gasteiger partial charge < -0.3 is 18.5 Å². The molecule has 0 fully saturated rings. The third kappa shape index (κ3) is 5.13. The molecule has 5 aliphatic rings. The van der Waals surface area contributed by atoms with Crippen LogP contribution >= 0.6 is 23.5 Å². The van der Waals surface area contributed by atoms with Crippen LogP contribution in [0.1, 0.15) is 52.7 Å². The molecule has 0 saturated heterocycles. The van der Waals surface area contributed by atoms with Gasteiger partial charge in [-0.15, -0.1) is 0 Å². The van der Waals surface area contributed by atoms with Gasteiger partial charge in [-0.1, -0.05) is 209 Å². The monoisotopic (exact) mass is 935 g/mol. The molecular formula is C62H43B2NO3S2. The highest BCUT2D eigenvalue weighted by molar-refractivity contribution is 8.01. The number of hydrogen-bond donors (Lipinski definition) is 0. The molecule has 2 aromatic heterocycles. The van der Waals surface area contributed by atoms with Crippen molar-refractivity contribution in [2.45, 2.75) is 72.0 Å². The maximum absolute atomic E-state index is 7.73. The Balaban J connectivity index is 1.07. The minimum atomic E-state index is -0.0661. The molecule has 0 spiro atoms. The van der Waals surface area contributed by atoms with Crippen molar-refractivity contribution in [3.63, 3.8) is 0 Å². The van der Waals surface area contributed by atoms with E-state index in [-0.39, 0.29) is 24.3 Å². The quantitative estimate of drug-likeness (QED) is 0.161. The standard InChI is InChI=1S/C62H43B2NO3S2/c1-61(2,3)34-23-25-38-40-29-44-52-57(55(40)66-46(38)27-34)68-58-53-45(30-41-39-26-24-35(62(4,5)6)28-47(39)67-56(41)58)64-43-22-14-20-37(33-17-11-8-12-18-33)60(43)70-49-31-48-50(54(51(49)64)65(52)53)63(44)42-21-13-19-36(59(42)69-48)32-15-9-7-10-16-32/h7-31H,1-6H3. The highest BCUT2D eigenvalue weighted by atomic mass is 32.2. The first-order valence-electron chi connectivity index (χ1n) is 24.5. The van der Waals surface area contributed by atoms with E-state index in [0.29, 0.717) is 0 Å². The van der Waals surface area contributed by atoms with Gasteiger partial charge in [0, 0.05) is 46.8 Å². The second-order valence-corrected chi connectivity index (χ2v) is 24.0. The summed E-state index contributed by atoms with van der Waals surface area (Å²) in [5.41, 5.74) is 21.9. The normalized spacial score (nSPS) is 14.6. The molecule has 4 nitrogen and oxygen atoms in total. The average molecular weight is 936 g/mol.